The Kier molecular flexibility index (Phi) is 16.8. The molecule has 0 saturated heterocycles. The largest absolute Gasteiger partial charge is 0.306 e. The van der Waals surface area contributed by atoms with E-state index in [1.165, 1.54) is 83.7 Å². The zero-order valence-electron chi connectivity index (χ0n) is 24.6. The third kappa shape index (κ3) is 34.8. The van der Waals surface area contributed by atoms with Crippen LogP contribution in [0.5, 0.6) is 0 Å². The highest BCUT2D eigenvalue weighted by molar-refractivity contribution is 4.66. The standard InChI is InChI=1S/C15H33N.C15H32/c1-14(2,3)10-8-12-16(7)13-9-11-15(4,5)6;1-14(2,3)12-10-8-7-9-11-13-15(4,5)6/h8-13H2,1-7H3;7-13H2,1-6H3. The van der Waals surface area contributed by atoms with E-state index in [0.29, 0.717) is 21.7 Å². The van der Waals surface area contributed by atoms with Gasteiger partial charge in [-0.25, -0.2) is 0 Å². The summed E-state index contributed by atoms with van der Waals surface area (Å²) < 4.78 is 0. The van der Waals surface area contributed by atoms with E-state index >= 15 is 0 Å². The molecule has 0 unspecified atom stereocenters. The van der Waals surface area contributed by atoms with Crippen LogP contribution in [0.1, 0.15) is 154 Å². The monoisotopic (exact) mass is 440 g/mol. The van der Waals surface area contributed by atoms with Crippen molar-refractivity contribution in [3.8, 4) is 0 Å². The molecular formula is C30H65N. The van der Waals surface area contributed by atoms with Crippen molar-refractivity contribution in [3.63, 3.8) is 0 Å². The lowest BCUT2D eigenvalue weighted by Crippen LogP contribution is -2.23. The first-order chi connectivity index (χ1) is 13.8. The molecule has 0 aromatic rings. The average molecular weight is 440 g/mol. The molecule has 0 bridgehead atoms. The van der Waals surface area contributed by atoms with E-state index in [2.05, 4.69) is 95.0 Å². The Balaban J connectivity index is 0. The van der Waals surface area contributed by atoms with Crippen LogP contribution in [0.3, 0.4) is 0 Å². The van der Waals surface area contributed by atoms with Gasteiger partial charge in [0.2, 0.25) is 0 Å². The molecule has 0 N–H and O–H groups in total. The molecule has 0 amide bonds. The third-order valence-corrected chi connectivity index (χ3v) is 5.79. The van der Waals surface area contributed by atoms with Gasteiger partial charge in [-0.3, -0.25) is 0 Å². The van der Waals surface area contributed by atoms with Crippen LogP contribution in [0.15, 0.2) is 0 Å². The number of unbranched alkanes of at least 4 members (excludes halogenated alkanes) is 4. The molecule has 0 aromatic carbocycles. The molecule has 0 fully saturated rings. The van der Waals surface area contributed by atoms with Crippen LogP contribution in [-0.2, 0) is 0 Å². The predicted octanol–water partition coefficient (Wildman–Crippen LogP) is 10.4. The highest BCUT2D eigenvalue weighted by Gasteiger charge is 2.12. The molecule has 0 spiro atoms. The van der Waals surface area contributed by atoms with Crippen molar-refractivity contribution in [2.45, 2.75) is 154 Å². The van der Waals surface area contributed by atoms with E-state index in [1.807, 2.05) is 0 Å². The van der Waals surface area contributed by atoms with Crippen molar-refractivity contribution in [1.29, 1.82) is 0 Å². The van der Waals surface area contributed by atoms with E-state index in [-0.39, 0.29) is 0 Å². The molecule has 0 heterocycles. The third-order valence-electron chi connectivity index (χ3n) is 5.79. The van der Waals surface area contributed by atoms with Gasteiger partial charge < -0.3 is 4.90 Å². The van der Waals surface area contributed by atoms with Gasteiger partial charge in [0.1, 0.15) is 0 Å². The predicted molar refractivity (Wildman–Crippen MR) is 146 cm³/mol. The number of hydrogen-bond acceptors (Lipinski definition) is 1. The summed E-state index contributed by atoms with van der Waals surface area (Å²) >= 11 is 0. The Bertz CT molecular complexity index is 356. The zero-order valence-corrected chi connectivity index (χ0v) is 24.6. The van der Waals surface area contributed by atoms with Crippen LogP contribution < -0.4 is 0 Å². The normalized spacial score (nSPS) is 13.4. The van der Waals surface area contributed by atoms with Crippen LogP contribution >= 0.6 is 0 Å². The van der Waals surface area contributed by atoms with Gasteiger partial charge in [-0.2, -0.15) is 0 Å². The van der Waals surface area contributed by atoms with Gasteiger partial charge in [-0.15, -0.1) is 0 Å². The Hall–Kier alpha value is -0.0400. The first-order valence-corrected chi connectivity index (χ1v) is 13.5. The van der Waals surface area contributed by atoms with E-state index in [1.54, 1.807) is 0 Å². The fourth-order valence-corrected chi connectivity index (χ4v) is 3.71. The molecule has 0 aliphatic heterocycles. The fourth-order valence-electron chi connectivity index (χ4n) is 3.71. The molecule has 0 rings (SSSR count). The molecule has 31 heavy (non-hydrogen) atoms. The van der Waals surface area contributed by atoms with Gasteiger partial charge in [0.25, 0.3) is 0 Å². The van der Waals surface area contributed by atoms with E-state index in [9.17, 15) is 0 Å². The molecule has 0 aliphatic rings. The Labute approximate surface area is 200 Å². The van der Waals surface area contributed by atoms with Gasteiger partial charge in [-0.05, 0) is 80.3 Å². The lowest BCUT2D eigenvalue weighted by molar-refractivity contribution is 0.265. The maximum atomic E-state index is 2.48. The Morgan fingerprint density at radius 3 is 0.839 bits per heavy atom. The lowest BCUT2D eigenvalue weighted by Gasteiger charge is -2.23. The van der Waals surface area contributed by atoms with E-state index in [4.69, 9.17) is 0 Å². The van der Waals surface area contributed by atoms with Crippen LogP contribution in [0, 0.1) is 21.7 Å². The molecule has 0 aliphatic carbocycles. The summed E-state index contributed by atoms with van der Waals surface area (Å²) in [5.41, 5.74) is 2.05. The molecule has 0 saturated carbocycles. The maximum Gasteiger partial charge on any atom is -0.00216 e. The first kappa shape index (κ1) is 33.1. The molecule has 0 radical (unpaired) electrons. The highest BCUT2D eigenvalue weighted by atomic mass is 15.1. The molecule has 190 valence electrons. The summed E-state index contributed by atoms with van der Waals surface area (Å²) in [7, 11) is 2.26. The Morgan fingerprint density at radius 1 is 0.355 bits per heavy atom. The van der Waals surface area contributed by atoms with Crippen molar-refractivity contribution in [2.75, 3.05) is 20.1 Å². The number of nitrogens with zero attached hydrogens (tertiary/aromatic N) is 1. The zero-order chi connectivity index (χ0) is 24.8. The lowest BCUT2D eigenvalue weighted by atomic mass is 9.88. The van der Waals surface area contributed by atoms with Crippen LogP contribution in [0.25, 0.3) is 0 Å². The maximum absolute atomic E-state index is 2.48. The minimum absolute atomic E-state index is 0.492. The molecule has 0 aromatic heterocycles. The van der Waals surface area contributed by atoms with Crippen molar-refractivity contribution in [1.82, 2.24) is 4.90 Å². The minimum atomic E-state index is 0.492. The van der Waals surface area contributed by atoms with Gasteiger partial charge in [0, 0.05) is 0 Å². The first-order valence-electron chi connectivity index (χ1n) is 13.5. The quantitative estimate of drug-likeness (QED) is 0.273. The van der Waals surface area contributed by atoms with Crippen molar-refractivity contribution >= 4 is 0 Å². The van der Waals surface area contributed by atoms with Crippen molar-refractivity contribution in [3.05, 3.63) is 0 Å². The second kappa shape index (κ2) is 15.7. The van der Waals surface area contributed by atoms with E-state index in [0.717, 1.165) is 0 Å². The summed E-state index contributed by atoms with van der Waals surface area (Å²) in [5, 5.41) is 0. The highest BCUT2D eigenvalue weighted by Crippen LogP contribution is 2.25. The topological polar surface area (TPSA) is 3.24 Å². The average Bonchev–Trinajstić information content (AvgIpc) is 2.50. The van der Waals surface area contributed by atoms with Gasteiger partial charge in [0.05, 0.1) is 0 Å². The SMILES string of the molecule is CC(C)(C)CCCCCCCC(C)(C)C.CN(CCCC(C)(C)C)CCCC(C)(C)C. The fraction of sp³-hybridized carbons (Fsp3) is 1.00. The molecule has 0 atom stereocenters. The smallest absolute Gasteiger partial charge is 0.00216 e. The van der Waals surface area contributed by atoms with Crippen LogP contribution in [0.4, 0.5) is 0 Å². The summed E-state index contributed by atoms with van der Waals surface area (Å²) in [5.74, 6) is 0. The summed E-state index contributed by atoms with van der Waals surface area (Å²) in [6.45, 7) is 30.5. The number of rotatable bonds is 12. The second-order valence-corrected chi connectivity index (χ2v) is 15.0. The number of hydrogen-bond donors (Lipinski definition) is 0. The minimum Gasteiger partial charge on any atom is -0.306 e. The van der Waals surface area contributed by atoms with Crippen molar-refractivity contribution in [2.24, 2.45) is 21.7 Å². The molecular weight excluding hydrogens is 374 g/mol. The summed E-state index contributed by atoms with van der Waals surface area (Å²) in [4.78, 5) is 2.48. The molecule has 1 heteroatoms. The van der Waals surface area contributed by atoms with Gasteiger partial charge in [0.15, 0.2) is 0 Å². The molecule has 1 nitrogen and oxygen atoms in total. The van der Waals surface area contributed by atoms with Crippen LogP contribution in [-0.4, -0.2) is 25.0 Å². The summed E-state index contributed by atoms with van der Waals surface area (Å²) in [6.07, 6.45) is 15.2. The Morgan fingerprint density at radius 2 is 0.581 bits per heavy atom. The van der Waals surface area contributed by atoms with Crippen LogP contribution in [0.2, 0.25) is 0 Å². The summed E-state index contributed by atoms with van der Waals surface area (Å²) in [6, 6.07) is 0. The second-order valence-electron chi connectivity index (χ2n) is 15.0. The van der Waals surface area contributed by atoms with Crippen molar-refractivity contribution < 1.29 is 0 Å². The van der Waals surface area contributed by atoms with E-state index < -0.39 is 0 Å². The van der Waals surface area contributed by atoms with Gasteiger partial charge >= 0.3 is 0 Å². The van der Waals surface area contributed by atoms with Gasteiger partial charge in [-0.1, -0.05) is 115 Å².